The van der Waals surface area contributed by atoms with Gasteiger partial charge in [0.25, 0.3) is 0 Å². The number of rotatable bonds is 4. The van der Waals surface area contributed by atoms with Crippen LogP contribution in [0.5, 0.6) is 11.5 Å². The summed E-state index contributed by atoms with van der Waals surface area (Å²) in [7, 11) is 0. The maximum Gasteiger partial charge on any atom is 0.246 e. The molecule has 2 amide bonds. The number of aromatic nitrogens is 1. The smallest absolute Gasteiger partial charge is 0.246 e. The van der Waals surface area contributed by atoms with E-state index in [0.717, 1.165) is 53.8 Å². The first kappa shape index (κ1) is 21.5. The number of para-hydroxylation sites is 1. The van der Waals surface area contributed by atoms with E-state index in [2.05, 4.69) is 22.5 Å². The predicted octanol–water partition coefficient (Wildman–Crippen LogP) is 2.84. The number of ether oxygens (including phenoxy) is 2. The lowest BCUT2D eigenvalue weighted by Gasteiger charge is -2.48. The molecule has 1 N–H and O–H groups in total. The number of benzene rings is 2. The van der Waals surface area contributed by atoms with E-state index < -0.39 is 12.1 Å². The molecule has 0 bridgehead atoms. The number of H-pyrrole nitrogens is 1. The number of likely N-dealkylation sites (tertiary alicyclic amines) is 1. The first-order valence-electron chi connectivity index (χ1n) is 12.6. The molecule has 36 heavy (non-hydrogen) atoms. The highest BCUT2D eigenvalue weighted by molar-refractivity contribution is 5.98. The summed E-state index contributed by atoms with van der Waals surface area (Å²) < 4.78 is 11.2. The molecule has 5 heterocycles. The first-order chi connectivity index (χ1) is 17.6. The van der Waals surface area contributed by atoms with E-state index in [1.807, 2.05) is 52.3 Å². The van der Waals surface area contributed by atoms with Gasteiger partial charge in [-0.1, -0.05) is 30.3 Å². The number of nitrogens with zero attached hydrogens (tertiary/aromatic N) is 3. The summed E-state index contributed by atoms with van der Waals surface area (Å²) in [6, 6.07) is 13.1. The van der Waals surface area contributed by atoms with Crippen molar-refractivity contribution in [2.45, 2.75) is 31.0 Å². The molecule has 0 radical (unpaired) electrons. The molecule has 4 aliphatic heterocycles. The van der Waals surface area contributed by atoms with Crippen molar-refractivity contribution in [1.82, 2.24) is 19.7 Å². The number of nitrogens with one attached hydrogen (secondary N) is 1. The lowest BCUT2D eigenvalue weighted by atomic mass is 9.85. The second kappa shape index (κ2) is 8.13. The van der Waals surface area contributed by atoms with E-state index in [1.54, 1.807) is 0 Å². The molecule has 3 aromatic rings. The summed E-state index contributed by atoms with van der Waals surface area (Å²) in [5.74, 6) is 1.38. The van der Waals surface area contributed by atoms with Crippen LogP contribution in [0.4, 0.5) is 0 Å². The molecule has 4 aliphatic rings. The van der Waals surface area contributed by atoms with Crippen molar-refractivity contribution in [3.8, 4) is 11.5 Å². The SMILES string of the molecule is C=CCN1CC[C@@H](N2CC(=O)N3[C@H](c4ccc5c(c4)OCO5)c4[nH]c5ccccc5c4C[C@@H]3C2=O)C1. The van der Waals surface area contributed by atoms with Crippen molar-refractivity contribution in [2.75, 3.05) is 33.0 Å². The van der Waals surface area contributed by atoms with Crippen molar-refractivity contribution in [1.29, 1.82) is 0 Å². The summed E-state index contributed by atoms with van der Waals surface area (Å²) in [6.07, 6.45) is 3.27. The molecule has 0 unspecified atom stereocenters. The highest BCUT2D eigenvalue weighted by Gasteiger charge is 2.50. The minimum absolute atomic E-state index is 0.0197. The van der Waals surface area contributed by atoms with E-state index >= 15 is 0 Å². The fraction of sp³-hybridized carbons (Fsp3) is 0.357. The van der Waals surface area contributed by atoms with Gasteiger partial charge >= 0.3 is 0 Å². The van der Waals surface area contributed by atoms with Crippen molar-refractivity contribution >= 4 is 22.7 Å². The van der Waals surface area contributed by atoms with E-state index in [4.69, 9.17) is 9.47 Å². The van der Waals surface area contributed by atoms with Crippen LogP contribution < -0.4 is 9.47 Å². The Morgan fingerprint density at radius 2 is 1.97 bits per heavy atom. The van der Waals surface area contributed by atoms with Gasteiger partial charge in [-0.3, -0.25) is 14.5 Å². The number of amides is 2. The number of hydrogen-bond donors (Lipinski definition) is 1. The first-order valence-corrected chi connectivity index (χ1v) is 12.6. The largest absolute Gasteiger partial charge is 0.454 e. The number of carbonyl (C=O) groups is 2. The minimum Gasteiger partial charge on any atom is -0.454 e. The highest BCUT2D eigenvalue weighted by Crippen LogP contribution is 2.45. The predicted molar refractivity (Wildman–Crippen MR) is 134 cm³/mol. The molecule has 0 aliphatic carbocycles. The maximum atomic E-state index is 14.0. The number of aromatic amines is 1. The minimum atomic E-state index is -0.540. The fourth-order valence-electron chi connectivity index (χ4n) is 6.44. The van der Waals surface area contributed by atoms with Crippen LogP contribution >= 0.6 is 0 Å². The van der Waals surface area contributed by atoms with Crippen LogP contribution in [0.15, 0.2) is 55.1 Å². The number of piperazine rings is 1. The number of hydrogen-bond acceptors (Lipinski definition) is 5. The van der Waals surface area contributed by atoms with Gasteiger partial charge in [-0.2, -0.15) is 0 Å². The fourth-order valence-corrected chi connectivity index (χ4v) is 6.44. The van der Waals surface area contributed by atoms with E-state index in [0.29, 0.717) is 17.9 Å². The van der Waals surface area contributed by atoms with Crippen LogP contribution in [0.3, 0.4) is 0 Å². The normalized spacial score (nSPS) is 25.4. The number of fused-ring (bicyclic) bond motifs is 5. The quantitative estimate of drug-likeness (QED) is 0.577. The van der Waals surface area contributed by atoms with Crippen LogP contribution in [-0.2, 0) is 16.0 Å². The third-order valence-electron chi connectivity index (χ3n) is 8.08. The second-order valence-electron chi connectivity index (χ2n) is 10.1. The zero-order valence-corrected chi connectivity index (χ0v) is 20.0. The molecular formula is C28H28N4O4. The lowest BCUT2D eigenvalue weighted by molar-refractivity contribution is -0.160. The standard InChI is InChI=1S/C28H28N4O4/c1-2-10-30-11-9-18(14-30)31-15-25(33)32-22(28(31)34)13-20-19-5-3-4-6-21(19)29-26(20)27(32)17-7-8-23-24(12-17)36-16-35-23/h2-8,12,18,22,27,29H,1,9-11,13-16H2/t18-,22-,27-/m1/s1. The Morgan fingerprint density at radius 3 is 2.86 bits per heavy atom. The van der Waals surface area contributed by atoms with E-state index in [9.17, 15) is 9.59 Å². The molecule has 2 aromatic carbocycles. The molecule has 8 heteroatoms. The van der Waals surface area contributed by atoms with Crippen LogP contribution in [-0.4, -0.2) is 76.6 Å². The van der Waals surface area contributed by atoms with Gasteiger partial charge in [0.2, 0.25) is 18.6 Å². The zero-order valence-electron chi connectivity index (χ0n) is 20.0. The monoisotopic (exact) mass is 484 g/mol. The summed E-state index contributed by atoms with van der Waals surface area (Å²) in [4.78, 5) is 37.4. The van der Waals surface area contributed by atoms with Crippen LogP contribution in [0.2, 0.25) is 0 Å². The van der Waals surface area contributed by atoms with Gasteiger partial charge in [-0.25, -0.2) is 0 Å². The molecule has 8 nitrogen and oxygen atoms in total. The number of carbonyl (C=O) groups excluding carboxylic acids is 2. The Kier molecular flexibility index (Phi) is 4.86. The molecule has 2 fully saturated rings. The van der Waals surface area contributed by atoms with Gasteiger partial charge in [0.15, 0.2) is 11.5 Å². The van der Waals surface area contributed by atoms with Gasteiger partial charge in [0.05, 0.1) is 6.04 Å². The van der Waals surface area contributed by atoms with Gasteiger partial charge < -0.3 is 24.3 Å². The van der Waals surface area contributed by atoms with Crippen molar-refractivity contribution in [3.05, 3.63) is 71.9 Å². The topological polar surface area (TPSA) is 78.1 Å². The average Bonchev–Trinajstić information content (AvgIpc) is 3.63. The third-order valence-corrected chi connectivity index (χ3v) is 8.08. The van der Waals surface area contributed by atoms with E-state index in [1.165, 1.54) is 0 Å². The van der Waals surface area contributed by atoms with Crippen LogP contribution in [0.1, 0.15) is 29.3 Å². The Hall–Kier alpha value is -3.78. The van der Waals surface area contributed by atoms with Crippen molar-refractivity contribution < 1.29 is 19.1 Å². The Labute approximate surface area is 209 Å². The summed E-state index contributed by atoms with van der Waals surface area (Å²) >= 11 is 0. The Bertz CT molecular complexity index is 1400. The van der Waals surface area contributed by atoms with Crippen molar-refractivity contribution in [2.24, 2.45) is 0 Å². The Morgan fingerprint density at radius 1 is 1.11 bits per heavy atom. The molecule has 184 valence electrons. The van der Waals surface area contributed by atoms with E-state index in [-0.39, 0.29) is 31.2 Å². The van der Waals surface area contributed by atoms with Crippen LogP contribution in [0, 0.1) is 0 Å². The van der Waals surface area contributed by atoms with Gasteiger partial charge in [0.1, 0.15) is 12.6 Å². The molecule has 3 atom stereocenters. The maximum absolute atomic E-state index is 14.0. The average molecular weight is 485 g/mol. The van der Waals surface area contributed by atoms with Crippen LogP contribution in [0.25, 0.3) is 10.9 Å². The van der Waals surface area contributed by atoms with Gasteiger partial charge in [-0.05, 0) is 35.7 Å². The third kappa shape index (κ3) is 3.17. The molecular weight excluding hydrogens is 456 g/mol. The second-order valence-corrected chi connectivity index (χ2v) is 10.1. The molecule has 0 saturated carbocycles. The van der Waals surface area contributed by atoms with Gasteiger partial charge in [-0.15, -0.1) is 6.58 Å². The summed E-state index contributed by atoms with van der Waals surface area (Å²) in [5, 5.41) is 1.10. The lowest BCUT2D eigenvalue weighted by Crippen LogP contribution is -2.65. The molecule has 0 spiro atoms. The molecule has 7 rings (SSSR count). The zero-order chi connectivity index (χ0) is 24.4. The highest BCUT2D eigenvalue weighted by atomic mass is 16.7. The Balaban J connectivity index is 1.32. The molecule has 1 aromatic heterocycles. The summed E-state index contributed by atoms with van der Waals surface area (Å²) in [5.41, 5.74) is 4.00. The molecule has 2 saturated heterocycles. The summed E-state index contributed by atoms with van der Waals surface area (Å²) in [6.45, 7) is 6.62. The van der Waals surface area contributed by atoms with Crippen molar-refractivity contribution in [3.63, 3.8) is 0 Å². The van der Waals surface area contributed by atoms with Gasteiger partial charge in [0, 0.05) is 48.7 Å².